The highest BCUT2D eigenvalue weighted by molar-refractivity contribution is 5.97. The number of aryl methyl sites for hydroxylation is 1. The molecule has 0 saturated carbocycles. The summed E-state index contributed by atoms with van der Waals surface area (Å²) in [5.41, 5.74) is 5.96. The summed E-state index contributed by atoms with van der Waals surface area (Å²) in [6.07, 6.45) is 1.03. The predicted molar refractivity (Wildman–Crippen MR) is 318 cm³/mol. The van der Waals surface area contributed by atoms with Crippen molar-refractivity contribution in [1.29, 1.82) is 0 Å². The number of unbranched alkanes of at least 4 members (excludes halogenated alkanes) is 2. The Kier molecular flexibility index (Phi) is 30.1. The number of carbonyl (C=O) groups excluding carboxylic acids is 8. The molecule has 0 unspecified atom stereocenters. The van der Waals surface area contributed by atoms with Crippen molar-refractivity contribution in [2.45, 2.75) is 214 Å². The second-order valence-electron chi connectivity index (χ2n) is 24.6. The van der Waals surface area contributed by atoms with E-state index in [0.717, 1.165) is 0 Å². The lowest BCUT2D eigenvalue weighted by molar-refractivity contribution is -0.143. The third-order valence-corrected chi connectivity index (χ3v) is 13.6. The summed E-state index contributed by atoms with van der Waals surface area (Å²) in [5.74, 6) is -7.94. The van der Waals surface area contributed by atoms with Crippen LogP contribution in [0.4, 0.5) is 9.59 Å². The highest BCUT2D eigenvalue weighted by Gasteiger charge is 2.35. The van der Waals surface area contributed by atoms with E-state index >= 15 is 0 Å². The number of nitrogens with two attached hydrogens (primary N) is 1. The molecular formula is C62H93N9O14. The molecule has 3 rings (SSSR count). The number of carboxylic acids is 2. The average Bonchev–Trinajstić information content (AvgIpc) is 4.06. The van der Waals surface area contributed by atoms with Gasteiger partial charge in [-0.2, -0.15) is 0 Å². The molecular weight excluding hydrogens is 1090 g/mol. The number of ketones is 3. The molecule has 0 aliphatic heterocycles. The monoisotopic (exact) mass is 1190 g/mol. The molecule has 7 atom stereocenters. The van der Waals surface area contributed by atoms with Crippen LogP contribution < -0.4 is 32.3 Å². The molecule has 3 aromatic rings. The van der Waals surface area contributed by atoms with Crippen molar-refractivity contribution in [3.63, 3.8) is 0 Å². The third kappa shape index (κ3) is 29.2. The van der Waals surface area contributed by atoms with Crippen molar-refractivity contribution in [2.75, 3.05) is 6.54 Å². The van der Waals surface area contributed by atoms with Crippen LogP contribution in [0.2, 0.25) is 0 Å². The molecule has 23 heteroatoms. The van der Waals surface area contributed by atoms with Crippen LogP contribution in [-0.2, 0) is 73.6 Å². The fraction of sp³-hybridized carbons (Fsp3) is 0.613. The van der Waals surface area contributed by atoms with E-state index in [1.807, 2.05) is 27.7 Å². The molecule has 0 saturated heterocycles. The summed E-state index contributed by atoms with van der Waals surface area (Å²) in [5, 5.41) is 41.0. The standard InChI is InChI=1S/C62H93N9O14/c1-39(2)31-43(35-52(73)48(32-40(3)4)66-54(75)28-27-51(72)50(69-60(83)85-62(8,9)10)37-45-38-65-70-71(45)30-20-18-25-46(63)57(78)79)55(76)68-49(34-42-23-15-12-16-24-42)53(74)36-44(33-41-21-13-11-14-22-41)56(77)67-47(58(80)81)26-17-19-29-64-59(82)84-61(5,6)7/h11-16,21-24,38-40,43-44,46-50H,17-20,25-37,63H2,1-10H3,(H,64,82)(H,66,75)(H,67,77)(H,68,76)(H,69,83)(H,78,79)(H,80,81)/t43-,44-,46-,47+,48+,49+,50+/m0/s1. The normalized spacial score (nSPS) is 14.1. The smallest absolute Gasteiger partial charge is 0.408 e. The van der Waals surface area contributed by atoms with E-state index < -0.39 is 112 Å². The van der Waals surface area contributed by atoms with Gasteiger partial charge in [-0.05, 0) is 129 Å². The number of aliphatic carboxylic acids is 2. The number of Topliss-reactive ketones (excluding diaryl/α,β-unsaturated/α-hetero) is 3. The first-order valence-electron chi connectivity index (χ1n) is 29.5. The van der Waals surface area contributed by atoms with E-state index in [4.69, 9.17) is 20.3 Å². The van der Waals surface area contributed by atoms with Crippen LogP contribution in [0.15, 0.2) is 66.9 Å². The maximum absolute atomic E-state index is 14.7. The van der Waals surface area contributed by atoms with Gasteiger partial charge >= 0.3 is 24.1 Å². The molecule has 0 radical (unpaired) electrons. The first kappa shape index (κ1) is 71.7. The van der Waals surface area contributed by atoms with Crippen molar-refractivity contribution in [1.82, 2.24) is 41.6 Å². The van der Waals surface area contributed by atoms with Gasteiger partial charge in [-0.15, -0.1) is 5.10 Å². The molecule has 85 heavy (non-hydrogen) atoms. The van der Waals surface area contributed by atoms with Gasteiger partial charge in [-0.3, -0.25) is 33.6 Å². The first-order chi connectivity index (χ1) is 39.9. The van der Waals surface area contributed by atoms with Gasteiger partial charge in [-0.1, -0.05) is 93.6 Å². The second-order valence-corrected chi connectivity index (χ2v) is 24.6. The number of benzene rings is 2. The fourth-order valence-electron chi connectivity index (χ4n) is 9.39. The molecule has 0 aliphatic rings. The zero-order valence-corrected chi connectivity index (χ0v) is 51.3. The summed E-state index contributed by atoms with van der Waals surface area (Å²) in [4.78, 5) is 134. The van der Waals surface area contributed by atoms with Crippen molar-refractivity contribution >= 4 is 59.2 Å². The highest BCUT2D eigenvalue weighted by atomic mass is 16.6. The van der Waals surface area contributed by atoms with E-state index in [1.165, 1.54) is 6.20 Å². The minimum absolute atomic E-state index is 0.0354. The van der Waals surface area contributed by atoms with Crippen LogP contribution in [0, 0.1) is 23.7 Å². The molecule has 5 amide bonds. The van der Waals surface area contributed by atoms with Crippen LogP contribution in [-0.4, -0.2) is 132 Å². The largest absolute Gasteiger partial charge is 0.480 e. The Morgan fingerprint density at radius 1 is 0.565 bits per heavy atom. The molecule has 470 valence electrons. The molecule has 1 heterocycles. The van der Waals surface area contributed by atoms with E-state index in [9.17, 15) is 53.1 Å². The number of nitrogens with one attached hydrogen (secondary N) is 5. The van der Waals surface area contributed by atoms with Gasteiger partial charge in [0.15, 0.2) is 17.3 Å². The molecule has 9 N–H and O–H groups in total. The number of aromatic nitrogens is 3. The lowest BCUT2D eigenvalue weighted by Crippen LogP contribution is -2.49. The van der Waals surface area contributed by atoms with Crippen LogP contribution in [0.1, 0.15) is 163 Å². The Bertz CT molecular complexity index is 2650. The molecule has 0 fully saturated rings. The minimum atomic E-state index is -1.31. The van der Waals surface area contributed by atoms with Crippen molar-refractivity contribution in [3.05, 3.63) is 83.7 Å². The molecule has 1 aromatic heterocycles. The lowest BCUT2D eigenvalue weighted by atomic mass is 9.86. The number of rotatable bonds is 38. The number of carbonyl (C=O) groups is 10. The van der Waals surface area contributed by atoms with Crippen molar-refractivity contribution in [2.24, 2.45) is 29.4 Å². The Balaban J connectivity index is 1.82. The van der Waals surface area contributed by atoms with Gasteiger partial charge in [0.2, 0.25) is 17.7 Å². The Morgan fingerprint density at radius 3 is 1.67 bits per heavy atom. The Morgan fingerprint density at radius 2 is 1.09 bits per heavy atom. The van der Waals surface area contributed by atoms with E-state index in [2.05, 4.69) is 36.9 Å². The fourth-order valence-corrected chi connectivity index (χ4v) is 9.39. The van der Waals surface area contributed by atoms with Crippen LogP contribution in [0.25, 0.3) is 0 Å². The van der Waals surface area contributed by atoms with Crippen LogP contribution in [0.3, 0.4) is 0 Å². The quantitative estimate of drug-likeness (QED) is 0.0280. The third-order valence-electron chi connectivity index (χ3n) is 13.6. The van der Waals surface area contributed by atoms with Crippen LogP contribution in [0.5, 0.6) is 0 Å². The number of hydrogen-bond donors (Lipinski definition) is 8. The number of carboxylic acid groups (broad SMARTS) is 2. The number of nitrogens with zero attached hydrogens (tertiary/aromatic N) is 3. The molecule has 23 nitrogen and oxygen atoms in total. The summed E-state index contributed by atoms with van der Waals surface area (Å²) in [6.45, 7) is 18.2. The zero-order valence-electron chi connectivity index (χ0n) is 51.3. The Labute approximate surface area is 499 Å². The number of hydrogen-bond acceptors (Lipinski definition) is 15. The summed E-state index contributed by atoms with van der Waals surface area (Å²) < 4.78 is 12.2. The van der Waals surface area contributed by atoms with Crippen LogP contribution >= 0.6 is 0 Å². The summed E-state index contributed by atoms with van der Waals surface area (Å²) in [7, 11) is 0. The zero-order chi connectivity index (χ0) is 63.4. The first-order valence-corrected chi connectivity index (χ1v) is 29.5. The van der Waals surface area contributed by atoms with Gasteiger partial charge in [0, 0.05) is 57.0 Å². The van der Waals surface area contributed by atoms with Gasteiger partial charge < -0.3 is 52.0 Å². The summed E-state index contributed by atoms with van der Waals surface area (Å²) in [6, 6.07) is 12.2. The lowest BCUT2D eigenvalue weighted by Gasteiger charge is -2.26. The summed E-state index contributed by atoms with van der Waals surface area (Å²) >= 11 is 0. The predicted octanol–water partition coefficient (Wildman–Crippen LogP) is 6.61. The average molecular weight is 1190 g/mol. The van der Waals surface area contributed by atoms with Crippen molar-refractivity contribution < 1.29 is 67.6 Å². The van der Waals surface area contributed by atoms with Gasteiger partial charge in [0.1, 0.15) is 23.3 Å². The molecule has 0 aliphatic carbocycles. The number of ether oxygens (including phenoxy) is 2. The molecule has 0 bridgehead atoms. The van der Waals surface area contributed by atoms with E-state index in [0.29, 0.717) is 49.0 Å². The topological polar surface area (TPSA) is 346 Å². The van der Waals surface area contributed by atoms with Gasteiger partial charge in [-0.25, -0.2) is 19.1 Å². The number of amides is 5. The maximum atomic E-state index is 14.7. The SMILES string of the molecule is CC(C)C[C@@H](CC(=O)[C@@H](CC(C)C)NC(=O)CCC(=O)[C@@H](Cc1cnnn1CCCC[C@H](N)C(=O)O)NC(=O)OC(C)(C)C)C(=O)N[C@H](Cc1ccccc1)C(=O)C[C@H](Cc1ccccc1)C(=O)N[C@H](CCCCNC(=O)OC(C)(C)C)C(=O)O. The number of alkyl carbamates (subject to hydrolysis) is 2. The molecule has 0 spiro atoms. The molecule has 2 aromatic carbocycles. The van der Waals surface area contributed by atoms with Gasteiger partial charge in [0.25, 0.3) is 0 Å². The maximum Gasteiger partial charge on any atom is 0.408 e. The van der Waals surface area contributed by atoms with Crippen molar-refractivity contribution in [3.8, 4) is 0 Å². The second kappa shape index (κ2) is 35.7. The van der Waals surface area contributed by atoms with E-state index in [1.54, 1.807) is 107 Å². The minimum Gasteiger partial charge on any atom is -0.480 e. The van der Waals surface area contributed by atoms with E-state index in [-0.39, 0.29) is 89.0 Å². The van der Waals surface area contributed by atoms with Gasteiger partial charge in [0.05, 0.1) is 30.0 Å². The highest BCUT2D eigenvalue weighted by Crippen LogP contribution is 2.23. The Hall–Kier alpha value is -7.56.